The molecule has 0 saturated carbocycles. The molecule has 2 fully saturated rings. The smallest absolute Gasteiger partial charge is 0.279 e. The van der Waals surface area contributed by atoms with Gasteiger partial charge in [0.25, 0.3) is 11.5 Å². The van der Waals surface area contributed by atoms with Gasteiger partial charge in [-0.05, 0) is 68.4 Å². The van der Waals surface area contributed by atoms with Gasteiger partial charge in [0.15, 0.2) is 13.9 Å². The number of H-pyrrole nitrogens is 1. The monoisotopic (exact) mass is 626 g/mol. The molecule has 45 heavy (non-hydrogen) atoms. The third-order valence-electron chi connectivity index (χ3n) is 10.0. The SMILES string of the molecule is C[C@@H]1[C@@H]([Si](C)(C)O)[C@H](CC(=O)N2CCC[C@H]2CO)O[C@@]12C(=O)N(c1ccccc1)c1ccc(-n3[nH]c4ccccc4c3=O)cc12. The fraction of sp³-hybridized carbons (Fsp3) is 0.382. The number of hydrogen-bond acceptors (Lipinski definition) is 6. The number of benzene rings is 3. The first kappa shape index (κ1) is 29.7. The van der Waals surface area contributed by atoms with E-state index in [0.717, 1.165) is 12.8 Å². The van der Waals surface area contributed by atoms with Crippen LogP contribution >= 0.6 is 0 Å². The van der Waals surface area contributed by atoms with Gasteiger partial charge in [0.05, 0.1) is 47.5 Å². The number of ether oxygens (including phenoxy) is 1. The third-order valence-corrected chi connectivity index (χ3v) is 12.5. The number of anilines is 2. The lowest BCUT2D eigenvalue weighted by molar-refractivity contribution is -0.149. The summed E-state index contributed by atoms with van der Waals surface area (Å²) in [7, 11) is -3.01. The fourth-order valence-corrected chi connectivity index (χ4v) is 10.6. The molecule has 3 aliphatic heterocycles. The van der Waals surface area contributed by atoms with E-state index in [2.05, 4.69) is 5.10 Å². The number of aliphatic hydroxyl groups excluding tert-OH is 1. The Morgan fingerprint density at radius 2 is 1.78 bits per heavy atom. The maximum Gasteiger partial charge on any atom is 0.279 e. The number of aromatic amines is 1. The van der Waals surface area contributed by atoms with Gasteiger partial charge in [0, 0.05) is 29.3 Å². The fourth-order valence-electron chi connectivity index (χ4n) is 8.05. The lowest BCUT2D eigenvalue weighted by atomic mass is 9.82. The van der Waals surface area contributed by atoms with Crippen LogP contribution in [0.1, 0.15) is 31.7 Å². The highest BCUT2D eigenvalue weighted by atomic mass is 28.4. The van der Waals surface area contributed by atoms with Crippen LogP contribution in [0.3, 0.4) is 0 Å². The summed E-state index contributed by atoms with van der Waals surface area (Å²) in [6, 6.07) is 21.9. The molecule has 3 aliphatic rings. The number of carbonyl (C=O) groups is 2. The standard InChI is InChI=1S/C34H38N4O6Si/c1-21-31(45(2,3)43)29(19-30(40)36-17-9-12-24(36)20-39)44-34(21)26-18-23(38-32(41)25-13-7-8-14-27(25)35-38)15-16-28(26)37(33(34)42)22-10-5-4-6-11-22/h4-8,10-11,13-16,18,21,24,29,31,35,39,43H,9,12,17,19-20H2,1-3H3/t21-,24+,29+,31-,34+/m1/s1. The summed E-state index contributed by atoms with van der Waals surface area (Å²) in [6.07, 6.45) is 0.844. The number of para-hydroxylation sites is 2. The third kappa shape index (κ3) is 4.51. The number of nitrogens with one attached hydrogen (secondary N) is 1. The normalized spacial score (nSPS) is 26.4. The van der Waals surface area contributed by atoms with Crippen molar-refractivity contribution < 1.29 is 24.2 Å². The Labute approximate surface area is 262 Å². The molecule has 10 nitrogen and oxygen atoms in total. The van der Waals surface area contributed by atoms with E-state index in [1.54, 1.807) is 15.9 Å². The summed E-state index contributed by atoms with van der Waals surface area (Å²) in [4.78, 5) is 57.0. The average Bonchev–Trinajstić information content (AvgIpc) is 3.76. The predicted octanol–water partition coefficient (Wildman–Crippen LogP) is 4.17. The molecule has 0 unspecified atom stereocenters. The Hall–Kier alpha value is -4.03. The second-order valence-electron chi connectivity index (χ2n) is 13.1. The largest absolute Gasteiger partial charge is 0.432 e. The van der Waals surface area contributed by atoms with Gasteiger partial charge >= 0.3 is 0 Å². The molecule has 11 heteroatoms. The van der Waals surface area contributed by atoms with Gasteiger partial charge in [-0.1, -0.05) is 37.3 Å². The minimum Gasteiger partial charge on any atom is -0.432 e. The van der Waals surface area contributed by atoms with Crippen LogP contribution in [0, 0.1) is 5.92 Å². The Morgan fingerprint density at radius 1 is 1.04 bits per heavy atom. The molecular formula is C34H38N4O6Si. The molecule has 3 aromatic carbocycles. The zero-order chi connectivity index (χ0) is 31.7. The van der Waals surface area contributed by atoms with Crippen LogP contribution in [-0.4, -0.2) is 70.0 Å². The van der Waals surface area contributed by atoms with Gasteiger partial charge in [0.2, 0.25) is 5.91 Å². The molecule has 4 heterocycles. The molecule has 1 aromatic heterocycles. The lowest BCUT2D eigenvalue weighted by Gasteiger charge is -2.32. The van der Waals surface area contributed by atoms with Crippen molar-refractivity contribution >= 4 is 42.4 Å². The van der Waals surface area contributed by atoms with Crippen LogP contribution in [0.5, 0.6) is 0 Å². The molecule has 2 amide bonds. The Morgan fingerprint density at radius 3 is 2.49 bits per heavy atom. The van der Waals surface area contributed by atoms with Crippen LogP contribution in [-0.2, 0) is 19.9 Å². The molecule has 0 aliphatic carbocycles. The molecule has 4 aromatic rings. The van der Waals surface area contributed by atoms with Gasteiger partial charge in [-0.15, -0.1) is 0 Å². The van der Waals surface area contributed by atoms with Gasteiger partial charge in [-0.3, -0.25) is 24.4 Å². The van der Waals surface area contributed by atoms with Crippen molar-refractivity contribution in [2.24, 2.45) is 5.92 Å². The Kier molecular flexibility index (Phi) is 7.12. The number of rotatable bonds is 6. The van der Waals surface area contributed by atoms with Crippen LogP contribution in [0.4, 0.5) is 11.4 Å². The van der Waals surface area contributed by atoms with Crippen LogP contribution < -0.4 is 10.5 Å². The topological polar surface area (TPSA) is 128 Å². The molecule has 0 radical (unpaired) electrons. The van der Waals surface area contributed by atoms with Crippen molar-refractivity contribution in [1.29, 1.82) is 0 Å². The van der Waals surface area contributed by atoms with Crippen molar-refractivity contribution in [2.45, 2.75) is 62.6 Å². The first-order valence-corrected chi connectivity index (χ1v) is 18.6. The van der Waals surface area contributed by atoms with Gasteiger partial charge in [-0.2, -0.15) is 0 Å². The van der Waals surface area contributed by atoms with Crippen molar-refractivity contribution in [1.82, 2.24) is 14.7 Å². The van der Waals surface area contributed by atoms with Crippen molar-refractivity contribution in [3.63, 3.8) is 0 Å². The number of likely N-dealkylation sites (tertiary alicyclic amines) is 1. The van der Waals surface area contributed by atoms with E-state index in [0.29, 0.717) is 40.1 Å². The maximum atomic E-state index is 14.8. The number of nitrogens with zero attached hydrogens (tertiary/aromatic N) is 3. The zero-order valence-corrected chi connectivity index (χ0v) is 26.6. The molecule has 0 bridgehead atoms. The first-order valence-electron chi connectivity index (χ1n) is 15.6. The number of amides is 2. The number of carbonyl (C=O) groups excluding carboxylic acids is 2. The quantitative estimate of drug-likeness (QED) is 0.276. The van der Waals surface area contributed by atoms with E-state index < -0.39 is 31.5 Å². The van der Waals surface area contributed by atoms with Crippen LogP contribution in [0.15, 0.2) is 77.6 Å². The van der Waals surface area contributed by atoms with E-state index in [1.807, 2.05) is 86.7 Å². The molecule has 3 N–H and O–H groups in total. The summed E-state index contributed by atoms with van der Waals surface area (Å²) in [5.74, 6) is -0.915. The van der Waals surface area contributed by atoms with E-state index in [-0.39, 0.29) is 36.4 Å². The summed E-state index contributed by atoms with van der Waals surface area (Å²) >= 11 is 0. The molecule has 7 rings (SSSR count). The highest BCUT2D eigenvalue weighted by Crippen LogP contribution is 2.61. The van der Waals surface area contributed by atoms with E-state index in [9.17, 15) is 24.3 Å². The van der Waals surface area contributed by atoms with Gasteiger partial charge < -0.3 is 19.5 Å². The highest BCUT2D eigenvalue weighted by Gasteiger charge is 2.67. The Bertz CT molecular complexity index is 1850. The molecule has 1 spiro atoms. The van der Waals surface area contributed by atoms with E-state index >= 15 is 0 Å². The molecule has 5 atom stereocenters. The number of aliphatic hydroxyl groups is 1. The van der Waals surface area contributed by atoms with E-state index in [1.165, 1.54) is 4.68 Å². The second-order valence-corrected chi connectivity index (χ2v) is 17.1. The second kappa shape index (κ2) is 10.8. The van der Waals surface area contributed by atoms with Crippen molar-refractivity contribution in [2.75, 3.05) is 18.1 Å². The van der Waals surface area contributed by atoms with Crippen LogP contribution in [0.25, 0.3) is 16.6 Å². The van der Waals surface area contributed by atoms with Crippen molar-refractivity contribution in [3.05, 3.63) is 88.7 Å². The van der Waals surface area contributed by atoms with Crippen molar-refractivity contribution in [3.8, 4) is 5.69 Å². The Balaban J connectivity index is 1.38. The van der Waals surface area contributed by atoms with Gasteiger partial charge in [-0.25, -0.2) is 4.68 Å². The number of aromatic nitrogens is 2. The summed E-state index contributed by atoms with van der Waals surface area (Å²) in [6.45, 7) is 6.06. The molecule has 2 saturated heterocycles. The minimum absolute atomic E-state index is 0.000631. The van der Waals surface area contributed by atoms with Gasteiger partial charge in [0.1, 0.15) is 0 Å². The summed E-state index contributed by atoms with van der Waals surface area (Å²) in [5.41, 5.74) is 0.995. The summed E-state index contributed by atoms with van der Waals surface area (Å²) in [5, 5.41) is 13.6. The lowest BCUT2D eigenvalue weighted by Crippen LogP contribution is -2.45. The molecular weight excluding hydrogens is 588 g/mol. The first-order chi connectivity index (χ1) is 21.6. The van der Waals surface area contributed by atoms with E-state index in [4.69, 9.17) is 4.74 Å². The maximum absolute atomic E-state index is 14.8. The summed E-state index contributed by atoms with van der Waals surface area (Å²) < 4.78 is 8.38. The number of fused-ring (bicyclic) bond motifs is 3. The molecule has 234 valence electrons. The predicted molar refractivity (Wildman–Crippen MR) is 173 cm³/mol. The average molecular weight is 627 g/mol. The minimum atomic E-state index is -3.01. The number of hydrogen-bond donors (Lipinski definition) is 3. The van der Waals surface area contributed by atoms with Crippen LogP contribution in [0.2, 0.25) is 18.6 Å². The zero-order valence-electron chi connectivity index (χ0n) is 25.6. The highest BCUT2D eigenvalue weighted by molar-refractivity contribution is 6.71.